The van der Waals surface area contributed by atoms with E-state index < -0.39 is 16.1 Å². The SMILES string of the molecule is COCC(O)CCNS(=O)(=O)c1ccc(C#N)s1. The summed E-state index contributed by atoms with van der Waals surface area (Å²) in [5.41, 5.74) is 0. The third kappa shape index (κ3) is 4.36. The van der Waals surface area contributed by atoms with Crippen molar-refractivity contribution >= 4 is 21.4 Å². The van der Waals surface area contributed by atoms with E-state index in [2.05, 4.69) is 4.72 Å². The molecule has 8 heteroatoms. The highest BCUT2D eigenvalue weighted by molar-refractivity contribution is 7.91. The standard InChI is InChI=1S/C10H14N2O4S2/c1-16-7-8(13)4-5-12-18(14,15)10-3-2-9(6-11)17-10/h2-3,8,12-13H,4-5,7H2,1H3. The third-order valence-corrected chi connectivity index (χ3v) is 5.03. The first-order chi connectivity index (χ1) is 8.49. The van der Waals surface area contributed by atoms with Gasteiger partial charge in [-0.1, -0.05) is 0 Å². The van der Waals surface area contributed by atoms with Crippen LogP contribution in [0.2, 0.25) is 0 Å². The van der Waals surface area contributed by atoms with Crippen LogP contribution in [0.3, 0.4) is 0 Å². The van der Waals surface area contributed by atoms with Gasteiger partial charge in [0.25, 0.3) is 0 Å². The van der Waals surface area contributed by atoms with Gasteiger partial charge < -0.3 is 9.84 Å². The number of hydrogen-bond donors (Lipinski definition) is 2. The molecule has 1 rings (SSSR count). The van der Waals surface area contributed by atoms with Crippen molar-refractivity contribution in [2.24, 2.45) is 0 Å². The van der Waals surface area contributed by atoms with E-state index in [1.807, 2.05) is 6.07 Å². The topological polar surface area (TPSA) is 99.4 Å². The lowest BCUT2D eigenvalue weighted by molar-refractivity contribution is 0.0603. The van der Waals surface area contributed by atoms with Gasteiger partial charge in [-0.05, 0) is 18.6 Å². The molecule has 0 aliphatic carbocycles. The number of methoxy groups -OCH3 is 1. The monoisotopic (exact) mass is 290 g/mol. The maximum Gasteiger partial charge on any atom is 0.250 e. The van der Waals surface area contributed by atoms with Gasteiger partial charge in [-0.3, -0.25) is 0 Å². The van der Waals surface area contributed by atoms with Crippen LogP contribution >= 0.6 is 11.3 Å². The van der Waals surface area contributed by atoms with Crippen molar-refractivity contribution in [2.75, 3.05) is 20.3 Å². The van der Waals surface area contributed by atoms with Gasteiger partial charge in [-0.15, -0.1) is 11.3 Å². The highest BCUT2D eigenvalue weighted by Gasteiger charge is 2.16. The van der Waals surface area contributed by atoms with E-state index in [1.54, 1.807) is 0 Å². The van der Waals surface area contributed by atoms with E-state index in [0.29, 0.717) is 4.88 Å². The molecule has 1 heterocycles. The summed E-state index contributed by atoms with van der Waals surface area (Å²) in [7, 11) is -2.13. The Labute approximate surface area is 110 Å². The van der Waals surface area contributed by atoms with Crippen LogP contribution < -0.4 is 4.72 Å². The van der Waals surface area contributed by atoms with Crippen molar-refractivity contribution in [3.05, 3.63) is 17.0 Å². The number of thiophene rings is 1. The van der Waals surface area contributed by atoms with Crippen molar-refractivity contribution in [1.82, 2.24) is 4.72 Å². The van der Waals surface area contributed by atoms with Crippen LogP contribution in [-0.4, -0.2) is 39.9 Å². The number of sulfonamides is 1. The second-order valence-corrected chi connectivity index (χ2v) is 6.60. The highest BCUT2D eigenvalue weighted by Crippen LogP contribution is 2.20. The summed E-state index contributed by atoms with van der Waals surface area (Å²) in [5, 5.41) is 18.0. The van der Waals surface area contributed by atoms with Gasteiger partial charge in [0.05, 0.1) is 12.7 Å². The highest BCUT2D eigenvalue weighted by atomic mass is 32.2. The summed E-state index contributed by atoms with van der Waals surface area (Å²) < 4.78 is 30.7. The molecule has 0 aromatic carbocycles. The van der Waals surface area contributed by atoms with Gasteiger partial charge in [0, 0.05) is 13.7 Å². The van der Waals surface area contributed by atoms with Crippen molar-refractivity contribution in [1.29, 1.82) is 5.26 Å². The van der Waals surface area contributed by atoms with Crippen LogP contribution in [0.1, 0.15) is 11.3 Å². The lowest BCUT2D eigenvalue weighted by atomic mass is 10.3. The second kappa shape index (κ2) is 6.82. The Morgan fingerprint density at radius 3 is 2.89 bits per heavy atom. The quantitative estimate of drug-likeness (QED) is 0.752. The summed E-state index contributed by atoms with van der Waals surface area (Å²) in [6.45, 7) is 0.284. The maximum atomic E-state index is 11.8. The fourth-order valence-electron chi connectivity index (χ4n) is 1.23. The normalized spacial score (nSPS) is 13.2. The molecule has 6 nitrogen and oxygen atoms in total. The molecule has 1 aromatic rings. The molecule has 1 unspecified atom stereocenters. The molecule has 2 N–H and O–H groups in total. The Hall–Kier alpha value is -0.980. The summed E-state index contributed by atoms with van der Waals surface area (Å²) in [5.74, 6) is 0. The molecule has 100 valence electrons. The van der Waals surface area contributed by atoms with Crippen molar-refractivity contribution < 1.29 is 18.3 Å². The van der Waals surface area contributed by atoms with E-state index >= 15 is 0 Å². The molecule has 0 saturated heterocycles. The number of nitrogens with zero attached hydrogens (tertiary/aromatic N) is 1. The largest absolute Gasteiger partial charge is 0.391 e. The average molecular weight is 290 g/mol. The molecule has 0 fully saturated rings. The zero-order chi connectivity index (χ0) is 13.6. The van der Waals surface area contributed by atoms with E-state index in [1.165, 1.54) is 19.2 Å². The van der Waals surface area contributed by atoms with E-state index in [4.69, 9.17) is 10.00 Å². The summed E-state index contributed by atoms with van der Waals surface area (Å²) in [6.07, 6.45) is -0.431. The van der Waals surface area contributed by atoms with E-state index in [0.717, 1.165) is 11.3 Å². The minimum Gasteiger partial charge on any atom is -0.391 e. The predicted octanol–water partition coefficient (Wildman–Crippen LogP) is 0.295. The lowest BCUT2D eigenvalue weighted by Gasteiger charge is -2.09. The molecule has 0 radical (unpaired) electrons. The van der Waals surface area contributed by atoms with Crippen LogP contribution in [0.25, 0.3) is 0 Å². The van der Waals surface area contributed by atoms with Gasteiger partial charge in [0.2, 0.25) is 10.0 Å². The molecule has 0 aliphatic rings. The first-order valence-corrected chi connectivity index (χ1v) is 7.46. The summed E-state index contributed by atoms with van der Waals surface area (Å²) in [6, 6.07) is 4.72. The Bertz CT molecular complexity index is 518. The van der Waals surface area contributed by atoms with Crippen molar-refractivity contribution in [3.63, 3.8) is 0 Å². The first kappa shape index (κ1) is 15.1. The summed E-state index contributed by atoms with van der Waals surface area (Å²) in [4.78, 5) is 0.342. The van der Waals surface area contributed by atoms with Gasteiger partial charge in [-0.2, -0.15) is 5.26 Å². The number of nitriles is 1. The molecule has 0 bridgehead atoms. The average Bonchev–Trinajstić information content (AvgIpc) is 2.78. The zero-order valence-corrected chi connectivity index (χ0v) is 11.4. The van der Waals surface area contributed by atoms with Crippen molar-refractivity contribution in [3.8, 4) is 6.07 Å². The fourth-order valence-corrected chi connectivity index (χ4v) is 3.43. The predicted molar refractivity (Wildman–Crippen MR) is 66.7 cm³/mol. The number of nitrogens with one attached hydrogen (secondary N) is 1. The third-order valence-electron chi connectivity index (χ3n) is 2.09. The molecule has 0 aliphatic heterocycles. The minimum atomic E-state index is -3.59. The molecule has 0 amide bonds. The minimum absolute atomic E-state index is 0.0975. The molecule has 0 saturated carbocycles. The lowest BCUT2D eigenvalue weighted by Crippen LogP contribution is -2.28. The van der Waals surface area contributed by atoms with Crippen molar-refractivity contribution in [2.45, 2.75) is 16.7 Å². The van der Waals surface area contributed by atoms with Crippen LogP contribution in [0.4, 0.5) is 0 Å². The van der Waals surface area contributed by atoms with E-state index in [9.17, 15) is 13.5 Å². The Morgan fingerprint density at radius 1 is 1.61 bits per heavy atom. The van der Waals surface area contributed by atoms with Gasteiger partial charge >= 0.3 is 0 Å². The molecule has 1 aromatic heterocycles. The molecule has 18 heavy (non-hydrogen) atoms. The Balaban J connectivity index is 2.53. The molecular formula is C10H14N2O4S2. The number of aliphatic hydroxyl groups excluding tert-OH is 1. The molecule has 1 atom stereocenters. The molecule has 0 spiro atoms. The number of hydrogen-bond acceptors (Lipinski definition) is 6. The van der Waals surface area contributed by atoms with Crippen LogP contribution in [-0.2, 0) is 14.8 Å². The second-order valence-electron chi connectivity index (χ2n) is 3.53. The van der Waals surface area contributed by atoms with Crippen LogP contribution in [0.15, 0.2) is 16.3 Å². The number of rotatable bonds is 7. The Kier molecular flexibility index (Phi) is 5.71. The smallest absolute Gasteiger partial charge is 0.250 e. The Morgan fingerprint density at radius 2 is 2.33 bits per heavy atom. The molecular weight excluding hydrogens is 276 g/mol. The first-order valence-electron chi connectivity index (χ1n) is 5.16. The zero-order valence-electron chi connectivity index (χ0n) is 9.79. The van der Waals surface area contributed by atoms with E-state index in [-0.39, 0.29) is 23.8 Å². The van der Waals surface area contributed by atoms with Crippen LogP contribution in [0, 0.1) is 11.3 Å². The number of aliphatic hydroxyl groups is 1. The summed E-state index contributed by atoms with van der Waals surface area (Å²) >= 11 is 0.910. The van der Waals surface area contributed by atoms with Gasteiger partial charge in [0.15, 0.2) is 0 Å². The maximum absolute atomic E-state index is 11.8. The fraction of sp³-hybridized carbons (Fsp3) is 0.500. The van der Waals surface area contributed by atoms with Gasteiger partial charge in [-0.25, -0.2) is 13.1 Å². The van der Waals surface area contributed by atoms with Gasteiger partial charge in [0.1, 0.15) is 15.2 Å². The van der Waals surface area contributed by atoms with Crippen LogP contribution in [0.5, 0.6) is 0 Å². The number of ether oxygens (including phenoxy) is 1.